The van der Waals surface area contributed by atoms with E-state index in [-0.39, 0.29) is 0 Å². The first-order chi connectivity index (χ1) is 7.25. The highest BCUT2D eigenvalue weighted by molar-refractivity contribution is 5.89. The highest BCUT2D eigenvalue weighted by atomic mass is 16.4. The normalized spacial score (nSPS) is 10.2. The molecule has 0 saturated heterocycles. The molecule has 1 aromatic rings. The molecule has 81 valence electrons. The van der Waals surface area contributed by atoms with Crippen LogP contribution in [0.3, 0.4) is 0 Å². The molecule has 2 heteroatoms. The first-order valence-corrected chi connectivity index (χ1v) is 5.38. The molecule has 1 radical (unpaired) electrons. The molecule has 1 N–H and O–H groups in total. The van der Waals surface area contributed by atoms with Crippen LogP contribution in [0.25, 0.3) is 0 Å². The number of carboxylic acids is 1. The fourth-order valence-corrected chi connectivity index (χ4v) is 1.51. The quantitative estimate of drug-likeness (QED) is 0.723. The topological polar surface area (TPSA) is 37.3 Å². The molecule has 2 nitrogen and oxygen atoms in total. The van der Waals surface area contributed by atoms with Crippen LogP contribution < -0.4 is 0 Å². The summed E-state index contributed by atoms with van der Waals surface area (Å²) in [6.07, 6.45) is 6.32. The number of aromatic carboxylic acids is 1. The Labute approximate surface area is 90.9 Å². The second-order valence-corrected chi connectivity index (χ2v) is 3.60. The molecular weight excluding hydrogens is 188 g/mol. The standard InChI is InChI=1S/C13H17O2/c1-2-3-4-5-8-11-9-6-7-10-12(11)13(14)15/h5-7,9-10H,2-4,8H2,1H3,(H,14,15). The minimum atomic E-state index is -0.838. The summed E-state index contributed by atoms with van der Waals surface area (Å²) in [5.41, 5.74) is 1.33. The van der Waals surface area contributed by atoms with Gasteiger partial charge in [0.25, 0.3) is 0 Å². The number of carboxylic acid groups (broad SMARTS) is 1. The zero-order valence-electron chi connectivity index (χ0n) is 9.07. The maximum Gasteiger partial charge on any atom is 0.335 e. The van der Waals surface area contributed by atoms with Crippen molar-refractivity contribution in [1.82, 2.24) is 0 Å². The fraction of sp³-hybridized carbons (Fsp3) is 0.385. The Kier molecular flexibility index (Phi) is 4.88. The van der Waals surface area contributed by atoms with Gasteiger partial charge in [0.05, 0.1) is 5.56 Å². The number of hydrogen-bond donors (Lipinski definition) is 1. The Morgan fingerprint density at radius 3 is 2.80 bits per heavy atom. The average molecular weight is 205 g/mol. The van der Waals surface area contributed by atoms with Crippen LogP contribution in [0.4, 0.5) is 0 Å². The van der Waals surface area contributed by atoms with Gasteiger partial charge >= 0.3 is 5.97 Å². The van der Waals surface area contributed by atoms with E-state index in [1.165, 1.54) is 12.8 Å². The highest BCUT2D eigenvalue weighted by Gasteiger charge is 2.07. The first kappa shape index (κ1) is 11.8. The Morgan fingerprint density at radius 1 is 1.40 bits per heavy atom. The number of hydrogen-bond acceptors (Lipinski definition) is 1. The van der Waals surface area contributed by atoms with E-state index >= 15 is 0 Å². The van der Waals surface area contributed by atoms with Gasteiger partial charge in [0.1, 0.15) is 0 Å². The third-order valence-corrected chi connectivity index (χ3v) is 2.37. The zero-order valence-corrected chi connectivity index (χ0v) is 9.07. The van der Waals surface area contributed by atoms with Crippen LogP contribution in [-0.4, -0.2) is 11.1 Å². The fourth-order valence-electron chi connectivity index (χ4n) is 1.51. The van der Waals surface area contributed by atoms with Gasteiger partial charge in [-0.05, 0) is 30.9 Å². The smallest absolute Gasteiger partial charge is 0.335 e. The molecule has 0 amide bonds. The van der Waals surface area contributed by atoms with Gasteiger partial charge < -0.3 is 5.11 Å². The van der Waals surface area contributed by atoms with Crippen molar-refractivity contribution >= 4 is 5.97 Å². The van der Waals surface area contributed by atoms with Crippen molar-refractivity contribution in [2.75, 3.05) is 0 Å². The lowest BCUT2D eigenvalue weighted by atomic mass is 10.0. The van der Waals surface area contributed by atoms with E-state index in [2.05, 4.69) is 13.3 Å². The van der Waals surface area contributed by atoms with E-state index in [9.17, 15) is 4.79 Å². The van der Waals surface area contributed by atoms with Gasteiger partial charge in [0, 0.05) is 0 Å². The maximum atomic E-state index is 10.9. The lowest BCUT2D eigenvalue weighted by Gasteiger charge is -2.04. The minimum Gasteiger partial charge on any atom is -0.478 e. The van der Waals surface area contributed by atoms with Crippen LogP contribution in [0.2, 0.25) is 0 Å². The molecule has 0 aromatic heterocycles. The molecule has 0 aliphatic rings. The van der Waals surface area contributed by atoms with Crippen LogP contribution in [0.1, 0.15) is 42.1 Å². The third-order valence-electron chi connectivity index (χ3n) is 2.37. The van der Waals surface area contributed by atoms with Crippen LogP contribution in [-0.2, 0) is 6.42 Å². The second-order valence-electron chi connectivity index (χ2n) is 3.60. The largest absolute Gasteiger partial charge is 0.478 e. The highest BCUT2D eigenvalue weighted by Crippen LogP contribution is 2.12. The minimum absolute atomic E-state index is 0.422. The maximum absolute atomic E-state index is 10.9. The molecule has 0 bridgehead atoms. The van der Waals surface area contributed by atoms with Crippen molar-refractivity contribution in [2.24, 2.45) is 0 Å². The molecule has 15 heavy (non-hydrogen) atoms. The predicted octanol–water partition coefficient (Wildman–Crippen LogP) is 3.32. The molecule has 0 saturated carbocycles. The Bertz CT molecular complexity index is 318. The second kappa shape index (κ2) is 6.23. The van der Waals surface area contributed by atoms with Gasteiger partial charge in [-0.1, -0.05) is 38.0 Å². The van der Waals surface area contributed by atoms with Crippen LogP contribution >= 0.6 is 0 Å². The van der Waals surface area contributed by atoms with Gasteiger partial charge in [0.15, 0.2) is 0 Å². The molecule has 0 aliphatic heterocycles. The first-order valence-electron chi connectivity index (χ1n) is 5.38. The molecule has 1 aromatic carbocycles. The van der Waals surface area contributed by atoms with E-state index < -0.39 is 5.97 Å². The van der Waals surface area contributed by atoms with Crippen molar-refractivity contribution in [3.63, 3.8) is 0 Å². The summed E-state index contributed by atoms with van der Waals surface area (Å²) in [6.45, 7) is 2.15. The lowest BCUT2D eigenvalue weighted by Crippen LogP contribution is -2.02. The monoisotopic (exact) mass is 205 g/mol. The molecular formula is C13H17O2. The van der Waals surface area contributed by atoms with Gasteiger partial charge in [0.2, 0.25) is 0 Å². The summed E-state index contributed by atoms with van der Waals surface area (Å²) in [4.78, 5) is 10.9. The number of benzene rings is 1. The Balaban J connectivity index is 2.56. The van der Waals surface area contributed by atoms with Crippen molar-refractivity contribution in [2.45, 2.75) is 32.6 Å². The van der Waals surface area contributed by atoms with Gasteiger partial charge in [-0.25, -0.2) is 4.79 Å². The molecule has 1 rings (SSSR count). The van der Waals surface area contributed by atoms with Crippen LogP contribution in [0, 0.1) is 6.42 Å². The summed E-state index contributed by atoms with van der Waals surface area (Å²) >= 11 is 0. The van der Waals surface area contributed by atoms with Crippen molar-refractivity contribution in [3.8, 4) is 0 Å². The van der Waals surface area contributed by atoms with Crippen molar-refractivity contribution < 1.29 is 9.90 Å². The molecule has 0 aliphatic carbocycles. The van der Waals surface area contributed by atoms with Gasteiger partial charge in [-0.3, -0.25) is 0 Å². The van der Waals surface area contributed by atoms with E-state index in [4.69, 9.17) is 5.11 Å². The van der Waals surface area contributed by atoms with E-state index in [0.29, 0.717) is 5.56 Å². The lowest BCUT2D eigenvalue weighted by molar-refractivity contribution is 0.0696. The van der Waals surface area contributed by atoms with E-state index in [1.54, 1.807) is 12.1 Å². The summed E-state index contributed by atoms with van der Waals surface area (Å²) in [5.74, 6) is -0.838. The number of carbonyl (C=O) groups is 1. The Hall–Kier alpha value is -1.31. The molecule has 0 unspecified atom stereocenters. The molecule has 0 fully saturated rings. The van der Waals surface area contributed by atoms with Crippen molar-refractivity contribution in [1.29, 1.82) is 0 Å². The van der Waals surface area contributed by atoms with Gasteiger partial charge in [-0.15, -0.1) is 0 Å². The summed E-state index contributed by atoms with van der Waals surface area (Å²) in [5, 5.41) is 8.95. The molecule has 0 atom stereocenters. The number of rotatable bonds is 6. The van der Waals surface area contributed by atoms with Crippen molar-refractivity contribution in [3.05, 3.63) is 41.8 Å². The van der Waals surface area contributed by atoms with Crippen LogP contribution in [0.15, 0.2) is 24.3 Å². The number of unbranched alkanes of at least 4 members (excludes halogenated alkanes) is 3. The summed E-state index contributed by atoms with van der Waals surface area (Å²) in [7, 11) is 0. The summed E-state index contributed by atoms with van der Waals surface area (Å²) < 4.78 is 0. The van der Waals surface area contributed by atoms with Gasteiger partial charge in [-0.2, -0.15) is 0 Å². The van der Waals surface area contributed by atoms with E-state index in [1.807, 2.05) is 12.1 Å². The SMILES string of the molecule is CCCC[CH]Cc1ccccc1C(=O)O. The molecule has 0 spiro atoms. The Morgan fingerprint density at radius 2 is 2.13 bits per heavy atom. The van der Waals surface area contributed by atoms with Crippen LogP contribution in [0.5, 0.6) is 0 Å². The van der Waals surface area contributed by atoms with E-state index in [0.717, 1.165) is 18.4 Å². The molecule has 0 heterocycles. The average Bonchev–Trinajstić information content (AvgIpc) is 2.25. The predicted molar refractivity (Wildman–Crippen MR) is 60.9 cm³/mol. The summed E-state index contributed by atoms with van der Waals surface area (Å²) in [6, 6.07) is 7.19. The third kappa shape index (κ3) is 3.74. The zero-order chi connectivity index (χ0) is 11.1.